The van der Waals surface area contributed by atoms with Gasteiger partial charge in [0, 0.05) is 26.2 Å². The number of nitrogens with zero attached hydrogens (tertiary/aromatic N) is 2. The van der Waals surface area contributed by atoms with Crippen LogP contribution in [0, 0.1) is 0 Å². The van der Waals surface area contributed by atoms with E-state index in [0.29, 0.717) is 44.3 Å². The molecule has 1 N–H and O–H groups in total. The molecule has 42 heavy (non-hydrogen) atoms. The minimum atomic E-state index is -3.63. The van der Waals surface area contributed by atoms with E-state index in [-0.39, 0.29) is 29.9 Å². The van der Waals surface area contributed by atoms with Gasteiger partial charge in [-0.2, -0.15) is 4.31 Å². The van der Waals surface area contributed by atoms with Crippen LogP contribution in [0.5, 0.6) is 11.5 Å². The van der Waals surface area contributed by atoms with Gasteiger partial charge in [0.1, 0.15) is 17.5 Å². The van der Waals surface area contributed by atoms with Crippen molar-refractivity contribution in [2.24, 2.45) is 0 Å². The predicted molar refractivity (Wildman–Crippen MR) is 159 cm³/mol. The van der Waals surface area contributed by atoms with Crippen molar-refractivity contribution in [1.29, 1.82) is 0 Å². The molecule has 1 heterocycles. The number of sulfonamides is 1. The second-order valence-electron chi connectivity index (χ2n) is 10.5. The van der Waals surface area contributed by atoms with Crippen molar-refractivity contribution < 1.29 is 32.2 Å². The number of methoxy groups -OCH3 is 1. The zero-order valence-electron chi connectivity index (χ0n) is 24.4. The maximum absolute atomic E-state index is 13.4. The quantitative estimate of drug-likeness (QED) is 0.351. The maximum atomic E-state index is 13.4. The number of carbonyl (C=O) groups excluding carboxylic acids is 2. The Labute approximate surface area is 248 Å². The molecule has 1 aliphatic carbocycles. The van der Waals surface area contributed by atoms with Crippen LogP contribution in [0.1, 0.15) is 44.6 Å². The lowest BCUT2D eigenvalue weighted by molar-refractivity contribution is -0.142. The van der Waals surface area contributed by atoms with Crippen LogP contribution in [0.3, 0.4) is 0 Å². The Balaban J connectivity index is 1.39. The molecule has 1 aliphatic heterocycles. The Morgan fingerprint density at radius 1 is 1.02 bits per heavy atom. The van der Waals surface area contributed by atoms with Crippen LogP contribution in [0.15, 0.2) is 65.1 Å². The first-order chi connectivity index (χ1) is 20.3. The SMILES string of the molecule is COc1ccc(CN(C(=O)COc2ccc(S(=O)(=O)N3CCOCC3)cc2)[C@@H](C)C(=O)NCCC2=CCCCC2)cc1. The minimum Gasteiger partial charge on any atom is -0.497 e. The molecule has 2 aromatic carbocycles. The highest BCUT2D eigenvalue weighted by atomic mass is 32.2. The van der Waals surface area contributed by atoms with E-state index in [2.05, 4.69) is 11.4 Å². The van der Waals surface area contributed by atoms with E-state index in [1.54, 1.807) is 14.0 Å². The first-order valence-corrected chi connectivity index (χ1v) is 15.9. The van der Waals surface area contributed by atoms with Gasteiger partial charge in [0.05, 0.1) is 25.2 Å². The van der Waals surface area contributed by atoms with Gasteiger partial charge in [-0.05, 0) is 81.0 Å². The largest absolute Gasteiger partial charge is 0.497 e. The second kappa shape index (κ2) is 15.2. The average Bonchev–Trinajstić information content (AvgIpc) is 3.03. The lowest BCUT2D eigenvalue weighted by Gasteiger charge is -2.29. The normalized spacial score (nSPS) is 16.7. The number of benzene rings is 2. The van der Waals surface area contributed by atoms with Gasteiger partial charge in [-0.3, -0.25) is 9.59 Å². The summed E-state index contributed by atoms with van der Waals surface area (Å²) in [4.78, 5) is 28.2. The summed E-state index contributed by atoms with van der Waals surface area (Å²) in [5, 5.41) is 2.99. The maximum Gasteiger partial charge on any atom is 0.261 e. The standard InChI is InChI=1S/C31H41N3O7S/c1-24(31(36)32-17-16-25-6-4-3-5-7-25)34(22-26-8-10-27(39-2)11-9-26)30(35)23-41-28-12-14-29(15-13-28)42(37,38)33-18-20-40-21-19-33/h6,8-15,24H,3-5,7,16-23H2,1-2H3,(H,32,36)/t24-/m0/s1. The van der Waals surface area contributed by atoms with Crippen molar-refractivity contribution in [1.82, 2.24) is 14.5 Å². The van der Waals surface area contributed by atoms with Gasteiger partial charge in [-0.25, -0.2) is 8.42 Å². The number of morpholine rings is 1. The molecule has 2 amide bonds. The monoisotopic (exact) mass is 599 g/mol. The van der Waals surface area contributed by atoms with E-state index in [4.69, 9.17) is 14.2 Å². The number of rotatable bonds is 13. The van der Waals surface area contributed by atoms with Crippen molar-refractivity contribution in [3.63, 3.8) is 0 Å². The first-order valence-electron chi connectivity index (χ1n) is 14.5. The van der Waals surface area contributed by atoms with Crippen LogP contribution in [0.2, 0.25) is 0 Å². The van der Waals surface area contributed by atoms with Crippen molar-refractivity contribution in [3.8, 4) is 11.5 Å². The molecule has 4 rings (SSSR count). The van der Waals surface area contributed by atoms with Crippen LogP contribution in [0.4, 0.5) is 0 Å². The van der Waals surface area contributed by atoms with Crippen LogP contribution in [-0.4, -0.2) is 82.0 Å². The van der Waals surface area contributed by atoms with E-state index in [1.165, 1.54) is 51.9 Å². The number of hydrogen-bond acceptors (Lipinski definition) is 7. The molecule has 2 aliphatic rings. The Bertz CT molecular complexity index is 1320. The highest BCUT2D eigenvalue weighted by Gasteiger charge is 2.28. The molecular weight excluding hydrogens is 558 g/mol. The molecule has 1 atom stereocenters. The van der Waals surface area contributed by atoms with Gasteiger partial charge < -0.3 is 24.4 Å². The summed E-state index contributed by atoms with van der Waals surface area (Å²) >= 11 is 0. The topological polar surface area (TPSA) is 114 Å². The molecule has 10 nitrogen and oxygen atoms in total. The molecular formula is C31H41N3O7S. The van der Waals surface area contributed by atoms with Gasteiger partial charge in [-0.1, -0.05) is 23.8 Å². The van der Waals surface area contributed by atoms with Crippen LogP contribution < -0.4 is 14.8 Å². The lowest BCUT2D eigenvalue weighted by atomic mass is 9.97. The fraction of sp³-hybridized carbons (Fsp3) is 0.484. The first kappa shape index (κ1) is 31.5. The molecule has 228 valence electrons. The van der Waals surface area contributed by atoms with Crippen molar-refractivity contribution in [3.05, 3.63) is 65.7 Å². The minimum absolute atomic E-state index is 0.151. The van der Waals surface area contributed by atoms with Crippen LogP contribution in [-0.2, 0) is 30.9 Å². The summed E-state index contributed by atoms with van der Waals surface area (Å²) in [6.45, 7) is 3.48. The second-order valence-corrected chi connectivity index (χ2v) is 12.4. The zero-order valence-corrected chi connectivity index (χ0v) is 25.2. The molecule has 2 aromatic rings. The Morgan fingerprint density at radius 2 is 1.71 bits per heavy atom. The van der Waals surface area contributed by atoms with Gasteiger partial charge in [0.2, 0.25) is 15.9 Å². The molecule has 0 unspecified atom stereocenters. The summed E-state index contributed by atoms with van der Waals surface area (Å²) < 4.78 is 43.4. The van der Waals surface area contributed by atoms with Crippen LogP contribution in [0.25, 0.3) is 0 Å². The Hall–Kier alpha value is -3.41. The highest BCUT2D eigenvalue weighted by molar-refractivity contribution is 7.89. The number of allylic oxidation sites excluding steroid dienone is 1. The van der Waals surface area contributed by atoms with Gasteiger partial charge in [0.25, 0.3) is 5.91 Å². The molecule has 0 bridgehead atoms. The molecule has 0 aromatic heterocycles. The number of carbonyl (C=O) groups is 2. The molecule has 1 fully saturated rings. The molecule has 0 radical (unpaired) electrons. The van der Waals surface area contributed by atoms with E-state index >= 15 is 0 Å². The fourth-order valence-electron chi connectivity index (χ4n) is 5.01. The molecule has 0 spiro atoms. The van der Waals surface area contributed by atoms with E-state index in [0.717, 1.165) is 24.8 Å². The Morgan fingerprint density at radius 3 is 2.36 bits per heavy atom. The Kier molecular flexibility index (Phi) is 11.4. The molecule has 0 saturated carbocycles. The summed E-state index contributed by atoms with van der Waals surface area (Å²) in [5.74, 6) is 0.452. The number of ether oxygens (including phenoxy) is 3. The van der Waals surface area contributed by atoms with Gasteiger partial charge in [-0.15, -0.1) is 0 Å². The fourth-order valence-corrected chi connectivity index (χ4v) is 6.42. The van der Waals surface area contributed by atoms with E-state index in [9.17, 15) is 18.0 Å². The lowest BCUT2D eigenvalue weighted by Crippen LogP contribution is -2.49. The molecule has 1 saturated heterocycles. The smallest absolute Gasteiger partial charge is 0.261 e. The number of nitrogens with one attached hydrogen (secondary N) is 1. The summed E-state index contributed by atoms with van der Waals surface area (Å²) in [5.41, 5.74) is 2.21. The zero-order chi connectivity index (χ0) is 30.0. The third kappa shape index (κ3) is 8.56. The third-order valence-electron chi connectivity index (χ3n) is 7.60. The van der Waals surface area contributed by atoms with E-state index < -0.39 is 16.1 Å². The van der Waals surface area contributed by atoms with Gasteiger partial charge >= 0.3 is 0 Å². The summed E-state index contributed by atoms with van der Waals surface area (Å²) in [7, 11) is -2.05. The summed E-state index contributed by atoms with van der Waals surface area (Å²) in [6, 6.07) is 12.6. The highest BCUT2D eigenvalue weighted by Crippen LogP contribution is 2.22. The number of amides is 2. The van der Waals surface area contributed by atoms with E-state index in [1.807, 2.05) is 24.3 Å². The van der Waals surface area contributed by atoms with Crippen molar-refractivity contribution in [2.45, 2.75) is 56.5 Å². The van der Waals surface area contributed by atoms with Crippen molar-refractivity contribution in [2.75, 3.05) is 46.6 Å². The van der Waals surface area contributed by atoms with Gasteiger partial charge in [0.15, 0.2) is 6.61 Å². The molecule has 11 heteroatoms. The summed E-state index contributed by atoms with van der Waals surface area (Å²) in [6.07, 6.45) is 7.65. The third-order valence-corrected chi connectivity index (χ3v) is 9.52. The van der Waals surface area contributed by atoms with Crippen molar-refractivity contribution >= 4 is 21.8 Å². The predicted octanol–water partition coefficient (Wildman–Crippen LogP) is 3.52. The van der Waals surface area contributed by atoms with Crippen LogP contribution >= 0.6 is 0 Å². The average molecular weight is 600 g/mol. The number of hydrogen-bond donors (Lipinski definition) is 1.